The third-order valence-electron chi connectivity index (χ3n) is 7.48. The number of rotatable bonds is 11. The Balaban J connectivity index is 1.35. The molecule has 0 unspecified atom stereocenters. The number of piperidine rings is 1. The van der Waals surface area contributed by atoms with Gasteiger partial charge in [-0.2, -0.15) is 0 Å². The molecule has 0 amide bonds. The van der Waals surface area contributed by atoms with E-state index in [-0.39, 0.29) is 18.3 Å². The minimum Gasteiger partial charge on any atom is -0.497 e. The number of fused-ring (bicyclic) bond motifs is 1. The van der Waals surface area contributed by atoms with Crippen LogP contribution in [0.3, 0.4) is 0 Å². The van der Waals surface area contributed by atoms with Crippen LogP contribution < -0.4 is 4.74 Å². The average Bonchev–Trinajstić information content (AvgIpc) is 3.26. The summed E-state index contributed by atoms with van der Waals surface area (Å²) < 4.78 is 22.9. The van der Waals surface area contributed by atoms with Gasteiger partial charge in [0.2, 0.25) is 0 Å². The summed E-state index contributed by atoms with van der Waals surface area (Å²) in [4.78, 5) is 18.3. The predicted molar refractivity (Wildman–Crippen MR) is 135 cm³/mol. The Morgan fingerprint density at radius 3 is 2.89 bits per heavy atom. The van der Waals surface area contributed by atoms with Crippen LogP contribution in [0.15, 0.2) is 48.8 Å². The van der Waals surface area contributed by atoms with Crippen molar-refractivity contribution in [1.29, 1.82) is 0 Å². The molecule has 1 aliphatic heterocycles. The van der Waals surface area contributed by atoms with Gasteiger partial charge in [0.05, 0.1) is 12.6 Å². The van der Waals surface area contributed by atoms with Gasteiger partial charge < -0.3 is 19.3 Å². The van der Waals surface area contributed by atoms with Crippen molar-refractivity contribution < 1.29 is 19.0 Å². The molecule has 1 fully saturated rings. The molecule has 1 saturated heterocycles. The highest BCUT2D eigenvalue weighted by molar-refractivity contribution is 5.83. The van der Waals surface area contributed by atoms with Gasteiger partial charge in [0.25, 0.3) is 0 Å². The number of likely N-dealkylation sites (tertiary alicyclic amines) is 1. The maximum atomic E-state index is 15.5. The van der Waals surface area contributed by atoms with Crippen LogP contribution in [0.5, 0.6) is 5.75 Å². The Bertz CT molecular complexity index is 1130. The first-order chi connectivity index (χ1) is 16.9. The van der Waals surface area contributed by atoms with Gasteiger partial charge in [-0.3, -0.25) is 9.78 Å². The van der Waals surface area contributed by atoms with E-state index in [0.717, 1.165) is 49.8 Å². The van der Waals surface area contributed by atoms with Crippen LogP contribution in [0.25, 0.3) is 10.9 Å². The lowest BCUT2D eigenvalue weighted by Gasteiger charge is -2.38. The highest BCUT2D eigenvalue weighted by atomic mass is 19.1. The molecule has 35 heavy (non-hydrogen) atoms. The van der Waals surface area contributed by atoms with Crippen LogP contribution in [0.1, 0.15) is 49.5 Å². The van der Waals surface area contributed by atoms with Crippen molar-refractivity contribution in [2.24, 2.45) is 18.9 Å². The number of methoxy groups -OCH3 is 1. The van der Waals surface area contributed by atoms with Crippen molar-refractivity contribution in [3.8, 4) is 5.75 Å². The molecule has 1 aromatic carbocycles. The number of aliphatic carboxylic acids is 1. The molecule has 7 heteroatoms. The van der Waals surface area contributed by atoms with E-state index in [2.05, 4.69) is 39.8 Å². The van der Waals surface area contributed by atoms with E-state index in [1.807, 2.05) is 18.2 Å². The Morgan fingerprint density at radius 1 is 1.29 bits per heavy atom. The molecule has 0 aliphatic carbocycles. The Hall–Kier alpha value is -2.93. The van der Waals surface area contributed by atoms with Crippen molar-refractivity contribution in [1.82, 2.24) is 14.5 Å². The maximum Gasteiger partial charge on any atom is 0.303 e. The number of hydrogen-bond acceptors (Lipinski definition) is 4. The molecule has 188 valence electrons. The lowest BCUT2D eigenvalue weighted by atomic mass is 9.79. The van der Waals surface area contributed by atoms with Crippen LogP contribution >= 0.6 is 0 Å². The monoisotopic (exact) mass is 481 g/mol. The van der Waals surface area contributed by atoms with Gasteiger partial charge in [-0.15, -0.1) is 0 Å². The van der Waals surface area contributed by atoms with E-state index in [9.17, 15) is 9.90 Å². The van der Waals surface area contributed by atoms with Crippen LogP contribution in [0, 0.1) is 11.8 Å². The predicted octanol–water partition coefficient (Wildman–Crippen LogP) is 5.42. The third-order valence-corrected chi connectivity index (χ3v) is 7.48. The third kappa shape index (κ3) is 6.40. The molecular weight excluding hydrogens is 445 g/mol. The SMILES string of the molecule is COc1ccc2nccc([C@H](F)CC[C@@H]3CCN(CCCc4cccn4C)C[C@@H]3CC(=O)O)c2c1. The van der Waals surface area contributed by atoms with E-state index in [1.165, 1.54) is 5.69 Å². The number of ether oxygens (including phenoxy) is 1. The summed E-state index contributed by atoms with van der Waals surface area (Å²) in [5, 5.41) is 10.3. The first-order valence-electron chi connectivity index (χ1n) is 12.6. The zero-order valence-corrected chi connectivity index (χ0v) is 20.7. The highest BCUT2D eigenvalue weighted by Crippen LogP contribution is 2.36. The quantitative estimate of drug-likeness (QED) is 0.396. The number of nitrogens with zero attached hydrogens (tertiary/aromatic N) is 3. The van der Waals surface area contributed by atoms with Crippen molar-refractivity contribution in [3.63, 3.8) is 0 Å². The first-order valence-corrected chi connectivity index (χ1v) is 12.6. The minimum atomic E-state index is -1.12. The molecule has 0 spiro atoms. The molecular formula is C28H36FN3O3. The second kappa shape index (κ2) is 11.7. The maximum absolute atomic E-state index is 15.5. The normalized spacial score (nSPS) is 19.6. The van der Waals surface area contributed by atoms with Gasteiger partial charge in [0, 0.05) is 43.5 Å². The van der Waals surface area contributed by atoms with Crippen LogP contribution in [-0.2, 0) is 18.3 Å². The summed E-state index contributed by atoms with van der Waals surface area (Å²) in [5.74, 6) is 0.184. The van der Waals surface area contributed by atoms with Crippen LogP contribution in [-0.4, -0.2) is 52.3 Å². The first kappa shape index (κ1) is 25.2. The van der Waals surface area contributed by atoms with Gasteiger partial charge in [0.15, 0.2) is 0 Å². The van der Waals surface area contributed by atoms with Gasteiger partial charge in [-0.05, 0) is 99.0 Å². The number of carboxylic acids is 1. The topological polar surface area (TPSA) is 67.6 Å². The fourth-order valence-corrected chi connectivity index (χ4v) is 5.50. The summed E-state index contributed by atoms with van der Waals surface area (Å²) in [6.07, 6.45) is 6.78. The molecule has 3 atom stereocenters. The van der Waals surface area contributed by atoms with Crippen molar-refractivity contribution in [3.05, 3.63) is 60.0 Å². The van der Waals surface area contributed by atoms with Gasteiger partial charge >= 0.3 is 5.97 Å². The summed E-state index contributed by atoms with van der Waals surface area (Å²) >= 11 is 0. The van der Waals surface area contributed by atoms with Gasteiger partial charge in [-0.25, -0.2) is 4.39 Å². The number of benzene rings is 1. The smallest absolute Gasteiger partial charge is 0.303 e. The van der Waals surface area contributed by atoms with Crippen LogP contribution in [0.2, 0.25) is 0 Å². The second-order valence-corrected chi connectivity index (χ2v) is 9.75. The molecule has 3 heterocycles. The van der Waals surface area contributed by atoms with Crippen molar-refractivity contribution >= 4 is 16.9 Å². The number of carboxylic acid groups (broad SMARTS) is 1. The number of hydrogen-bond donors (Lipinski definition) is 1. The van der Waals surface area contributed by atoms with Gasteiger partial charge in [-0.1, -0.05) is 0 Å². The Kier molecular flexibility index (Phi) is 8.39. The standard InChI is InChI=1S/C28H36FN3O3/c1-31-14-3-5-22(31)6-4-15-32-16-12-20(21(19-32)17-28(33)34)7-9-26(29)24-11-13-30-27-10-8-23(35-2)18-25(24)27/h3,5,8,10-11,13-14,18,20-21,26H,4,6-7,9,12,15-17,19H2,1-2H3,(H,33,34)/t20-,21+,26-/m1/s1. The van der Waals surface area contributed by atoms with Crippen LogP contribution in [0.4, 0.5) is 4.39 Å². The fourth-order valence-electron chi connectivity index (χ4n) is 5.50. The summed E-state index contributed by atoms with van der Waals surface area (Å²) in [5.41, 5.74) is 2.69. The number of carbonyl (C=O) groups is 1. The van der Waals surface area contributed by atoms with E-state index in [4.69, 9.17) is 4.74 Å². The number of pyridine rings is 1. The molecule has 1 aliphatic rings. The molecule has 1 N–H and O–H groups in total. The zero-order valence-electron chi connectivity index (χ0n) is 20.7. The molecule has 3 aromatic rings. The van der Waals surface area contributed by atoms with E-state index in [0.29, 0.717) is 24.2 Å². The summed E-state index contributed by atoms with van der Waals surface area (Å²) in [6, 6.07) is 11.5. The largest absolute Gasteiger partial charge is 0.497 e. The Morgan fingerprint density at radius 2 is 2.14 bits per heavy atom. The second-order valence-electron chi connectivity index (χ2n) is 9.75. The van der Waals surface area contributed by atoms with Crippen molar-refractivity contribution in [2.45, 2.75) is 44.7 Å². The Labute approximate surface area is 206 Å². The summed E-state index contributed by atoms with van der Waals surface area (Å²) in [6.45, 7) is 2.68. The van der Waals surface area contributed by atoms with E-state index in [1.54, 1.807) is 19.4 Å². The molecule has 0 radical (unpaired) electrons. The molecule has 4 rings (SSSR count). The van der Waals surface area contributed by atoms with Gasteiger partial charge in [0.1, 0.15) is 11.9 Å². The lowest BCUT2D eigenvalue weighted by Crippen LogP contribution is -2.42. The number of aromatic nitrogens is 2. The molecule has 0 bridgehead atoms. The fraction of sp³-hybridized carbons (Fsp3) is 0.500. The summed E-state index contributed by atoms with van der Waals surface area (Å²) in [7, 11) is 3.66. The molecule has 0 saturated carbocycles. The van der Waals surface area contributed by atoms with Crippen molar-refractivity contribution in [2.75, 3.05) is 26.7 Å². The molecule has 2 aromatic heterocycles. The van der Waals surface area contributed by atoms with E-state index < -0.39 is 12.1 Å². The lowest BCUT2D eigenvalue weighted by molar-refractivity contribution is -0.139. The number of halogens is 1. The zero-order chi connectivity index (χ0) is 24.8. The average molecular weight is 482 g/mol. The molecule has 6 nitrogen and oxygen atoms in total. The minimum absolute atomic E-state index is 0.0535. The number of alkyl halides is 1. The highest BCUT2D eigenvalue weighted by Gasteiger charge is 2.31. The van der Waals surface area contributed by atoms with E-state index >= 15 is 4.39 Å². The number of aryl methyl sites for hydroxylation is 2.